The number of nitrogens with one attached hydrogen (secondary N) is 1. The number of fused-ring (bicyclic) bond motifs is 1. The summed E-state index contributed by atoms with van der Waals surface area (Å²) >= 11 is 3.97. The van der Waals surface area contributed by atoms with Crippen LogP contribution in [-0.4, -0.2) is 14.8 Å². The Balaban J connectivity index is 1.99. The molecule has 90 valence electrons. The van der Waals surface area contributed by atoms with Crippen LogP contribution >= 0.6 is 12.8 Å². The lowest BCUT2D eigenvalue weighted by molar-refractivity contribution is 0.680. The molecule has 0 aliphatic rings. The van der Waals surface area contributed by atoms with Crippen LogP contribution in [-0.2, 0) is 6.54 Å². The number of hydrogen-bond acceptors (Lipinski definition) is 4. The van der Waals surface area contributed by atoms with E-state index in [1.807, 2.05) is 41.3 Å². The summed E-state index contributed by atoms with van der Waals surface area (Å²) in [6.07, 6.45) is 3.74. The summed E-state index contributed by atoms with van der Waals surface area (Å²) in [6.45, 7) is 0.650. The SMILES string of the molecule is SNc1ccn(Cc2nccc3ccccc23)n1. The maximum Gasteiger partial charge on any atom is 0.157 e. The molecule has 3 rings (SSSR count). The zero-order valence-corrected chi connectivity index (χ0v) is 10.5. The lowest BCUT2D eigenvalue weighted by atomic mass is 10.1. The van der Waals surface area contributed by atoms with Gasteiger partial charge in [0.25, 0.3) is 0 Å². The molecule has 2 heterocycles. The Morgan fingerprint density at radius 2 is 2.06 bits per heavy atom. The fourth-order valence-corrected chi connectivity index (χ4v) is 2.09. The van der Waals surface area contributed by atoms with E-state index >= 15 is 0 Å². The molecule has 0 aliphatic carbocycles. The molecule has 0 unspecified atom stereocenters. The summed E-state index contributed by atoms with van der Waals surface area (Å²) < 4.78 is 4.55. The highest BCUT2D eigenvalue weighted by molar-refractivity contribution is 7.81. The molecule has 2 aromatic heterocycles. The number of hydrogen-bond donors (Lipinski definition) is 2. The van der Waals surface area contributed by atoms with Gasteiger partial charge in [-0.3, -0.25) is 9.67 Å². The summed E-state index contributed by atoms with van der Waals surface area (Å²) in [5.74, 6) is 0.735. The van der Waals surface area contributed by atoms with Gasteiger partial charge in [-0.2, -0.15) is 5.10 Å². The lowest BCUT2D eigenvalue weighted by Gasteiger charge is -2.05. The van der Waals surface area contributed by atoms with Crippen molar-refractivity contribution in [3.8, 4) is 0 Å². The molecule has 0 saturated heterocycles. The third kappa shape index (κ3) is 2.04. The van der Waals surface area contributed by atoms with Crippen molar-refractivity contribution in [2.24, 2.45) is 0 Å². The quantitative estimate of drug-likeness (QED) is 0.708. The Kier molecular flexibility index (Phi) is 2.90. The van der Waals surface area contributed by atoms with Crippen molar-refractivity contribution < 1.29 is 0 Å². The highest BCUT2D eigenvalue weighted by atomic mass is 32.1. The van der Waals surface area contributed by atoms with Gasteiger partial charge >= 0.3 is 0 Å². The molecule has 5 heteroatoms. The van der Waals surface area contributed by atoms with Crippen molar-refractivity contribution in [3.05, 3.63) is 54.5 Å². The van der Waals surface area contributed by atoms with Crippen LogP contribution < -0.4 is 4.72 Å². The highest BCUT2D eigenvalue weighted by Crippen LogP contribution is 2.17. The van der Waals surface area contributed by atoms with Crippen molar-refractivity contribution >= 4 is 29.4 Å². The van der Waals surface area contributed by atoms with E-state index in [9.17, 15) is 0 Å². The lowest BCUT2D eigenvalue weighted by Crippen LogP contribution is -2.03. The molecule has 4 nitrogen and oxygen atoms in total. The largest absolute Gasteiger partial charge is 0.316 e. The topological polar surface area (TPSA) is 42.7 Å². The van der Waals surface area contributed by atoms with Crippen molar-refractivity contribution in [3.63, 3.8) is 0 Å². The first-order chi connectivity index (χ1) is 8.86. The molecule has 0 atom stereocenters. The number of pyridine rings is 1. The molecule has 0 fully saturated rings. The van der Waals surface area contributed by atoms with Crippen LogP contribution in [0.15, 0.2) is 48.8 Å². The minimum Gasteiger partial charge on any atom is -0.316 e. The molecule has 0 aliphatic heterocycles. The van der Waals surface area contributed by atoms with E-state index in [0.717, 1.165) is 16.9 Å². The number of anilines is 1. The average Bonchev–Trinajstić information content (AvgIpc) is 2.87. The summed E-state index contributed by atoms with van der Waals surface area (Å²) in [5, 5.41) is 6.68. The Bertz CT molecular complexity index is 672. The number of thiol groups is 1. The Morgan fingerprint density at radius 1 is 1.17 bits per heavy atom. The third-order valence-corrected chi connectivity index (χ3v) is 3.05. The minimum absolute atomic E-state index is 0.650. The van der Waals surface area contributed by atoms with Crippen LogP contribution in [0, 0.1) is 0 Å². The second-order valence-electron chi connectivity index (χ2n) is 3.99. The summed E-state index contributed by atoms with van der Waals surface area (Å²) in [4.78, 5) is 4.44. The minimum atomic E-state index is 0.650. The van der Waals surface area contributed by atoms with Gasteiger partial charge in [-0.25, -0.2) is 0 Å². The molecular formula is C13H12N4S. The molecule has 3 aromatic rings. The first-order valence-corrected chi connectivity index (χ1v) is 6.08. The van der Waals surface area contributed by atoms with Gasteiger partial charge in [-0.05, 0) is 11.5 Å². The van der Waals surface area contributed by atoms with Crippen LogP contribution in [0.4, 0.5) is 5.82 Å². The second-order valence-corrected chi connectivity index (χ2v) is 4.21. The summed E-state index contributed by atoms with van der Waals surface area (Å²) in [6, 6.07) is 12.1. The average molecular weight is 256 g/mol. The van der Waals surface area contributed by atoms with Crippen LogP contribution in [0.3, 0.4) is 0 Å². The zero-order chi connectivity index (χ0) is 12.4. The monoisotopic (exact) mass is 256 g/mol. The smallest absolute Gasteiger partial charge is 0.157 e. The number of benzene rings is 1. The Labute approximate surface area is 110 Å². The van der Waals surface area contributed by atoms with E-state index in [1.54, 1.807) is 0 Å². The molecule has 18 heavy (non-hydrogen) atoms. The highest BCUT2D eigenvalue weighted by Gasteiger charge is 2.04. The first kappa shape index (κ1) is 11.1. The van der Waals surface area contributed by atoms with Crippen molar-refractivity contribution in [1.29, 1.82) is 0 Å². The molecule has 1 N–H and O–H groups in total. The molecule has 1 aromatic carbocycles. The van der Waals surface area contributed by atoms with Crippen LogP contribution in [0.2, 0.25) is 0 Å². The van der Waals surface area contributed by atoms with Gasteiger partial charge < -0.3 is 4.72 Å². The fraction of sp³-hybridized carbons (Fsp3) is 0.0769. The molecule has 0 amide bonds. The van der Waals surface area contributed by atoms with E-state index in [4.69, 9.17) is 0 Å². The van der Waals surface area contributed by atoms with E-state index in [2.05, 4.69) is 39.8 Å². The maximum absolute atomic E-state index is 4.44. The molecular weight excluding hydrogens is 244 g/mol. The van der Waals surface area contributed by atoms with Gasteiger partial charge in [-0.1, -0.05) is 37.1 Å². The predicted octanol–water partition coefficient (Wildman–Crippen LogP) is 2.74. The van der Waals surface area contributed by atoms with Gasteiger partial charge in [0.05, 0.1) is 12.2 Å². The number of rotatable bonds is 3. The Morgan fingerprint density at radius 3 is 2.89 bits per heavy atom. The van der Waals surface area contributed by atoms with E-state index in [0.29, 0.717) is 6.54 Å². The summed E-state index contributed by atoms with van der Waals surface area (Å²) in [7, 11) is 0. The van der Waals surface area contributed by atoms with Gasteiger partial charge in [0.2, 0.25) is 0 Å². The maximum atomic E-state index is 4.44. The normalized spacial score (nSPS) is 10.7. The van der Waals surface area contributed by atoms with Crippen LogP contribution in [0.25, 0.3) is 10.8 Å². The third-order valence-electron chi connectivity index (χ3n) is 2.82. The zero-order valence-electron chi connectivity index (χ0n) is 9.61. The second kappa shape index (κ2) is 4.70. The number of aromatic nitrogens is 3. The van der Waals surface area contributed by atoms with E-state index in [-0.39, 0.29) is 0 Å². The predicted molar refractivity (Wildman–Crippen MR) is 75.7 cm³/mol. The first-order valence-electron chi connectivity index (χ1n) is 5.63. The molecule has 0 saturated carbocycles. The van der Waals surface area contributed by atoms with Crippen molar-refractivity contribution in [2.75, 3.05) is 4.72 Å². The number of nitrogens with zero attached hydrogens (tertiary/aromatic N) is 3. The van der Waals surface area contributed by atoms with Gasteiger partial charge in [0, 0.05) is 23.8 Å². The van der Waals surface area contributed by atoms with E-state index in [1.165, 1.54) is 5.39 Å². The fourth-order valence-electron chi connectivity index (χ4n) is 1.97. The molecule has 0 radical (unpaired) electrons. The molecule has 0 bridgehead atoms. The van der Waals surface area contributed by atoms with E-state index < -0.39 is 0 Å². The standard InChI is InChI=1S/C13H12N4S/c18-16-13-6-8-17(15-13)9-12-11-4-2-1-3-10(11)5-7-14-12/h1-8,18H,9H2,(H,15,16). The van der Waals surface area contributed by atoms with Crippen molar-refractivity contribution in [1.82, 2.24) is 14.8 Å². The van der Waals surface area contributed by atoms with Gasteiger partial charge in [0.15, 0.2) is 5.82 Å². The molecule has 0 spiro atoms. The summed E-state index contributed by atoms with van der Waals surface area (Å²) in [5.41, 5.74) is 1.02. The van der Waals surface area contributed by atoms with Crippen LogP contribution in [0.1, 0.15) is 5.69 Å². The van der Waals surface area contributed by atoms with Gasteiger partial charge in [-0.15, -0.1) is 0 Å². The van der Waals surface area contributed by atoms with Gasteiger partial charge in [0.1, 0.15) is 0 Å². The van der Waals surface area contributed by atoms with Crippen molar-refractivity contribution in [2.45, 2.75) is 6.54 Å². The van der Waals surface area contributed by atoms with Crippen LogP contribution in [0.5, 0.6) is 0 Å². The Hall–Kier alpha value is -2.01.